The zero-order valence-electron chi connectivity index (χ0n) is 15.5. The predicted molar refractivity (Wildman–Crippen MR) is 105 cm³/mol. The van der Waals surface area contributed by atoms with Crippen molar-refractivity contribution < 1.29 is 13.6 Å². The van der Waals surface area contributed by atoms with E-state index < -0.39 is 23.1 Å². The molecule has 0 aliphatic rings. The minimum atomic E-state index is -0.859. The number of nitrogens with zero attached hydrogens (tertiary/aromatic N) is 3. The molecule has 0 fully saturated rings. The number of aromatic nitrogens is 3. The summed E-state index contributed by atoms with van der Waals surface area (Å²) in [5.41, 5.74) is 1.57. The number of thioether (sulfide) groups is 1. The number of amides is 1. The van der Waals surface area contributed by atoms with Gasteiger partial charge in [-0.3, -0.25) is 9.59 Å². The number of fused-ring (bicyclic) bond motifs is 1. The van der Waals surface area contributed by atoms with Gasteiger partial charge in [0, 0.05) is 18.3 Å². The Morgan fingerprint density at radius 2 is 1.96 bits per heavy atom. The molecular weight excluding hydrogens is 386 g/mol. The van der Waals surface area contributed by atoms with Crippen molar-refractivity contribution in [3.05, 3.63) is 57.5 Å². The molecule has 2 aromatic heterocycles. The molecule has 0 radical (unpaired) electrons. The summed E-state index contributed by atoms with van der Waals surface area (Å²) in [6.07, 6.45) is 0. The van der Waals surface area contributed by atoms with Crippen molar-refractivity contribution >= 4 is 34.4 Å². The van der Waals surface area contributed by atoms with Crippen LogP contribution in [0.25, 0.3) is 11.0 Å². The lowest BCUT2D eigenvalue weighted by Gasteiger charge is -2.14. The lowest BCUT2D eigenvalue weighted by molar-refractivity contribution is -0.113. The number of halogens is 2. The molecule has 1 amide bonds. The van der Waals surface area contributed by atoms with E-state index in [1.165, 1.54) is 0 Å². The van der Waals surface area contributed by atoms with Crippen LogP contribution in [0.15, 0.2) is 34.2 Å². The second-order valence-corrected chi connectivity index (χ2v) is 7.13. The van der Waals surface area contributed by atoms with E-state index in [-0.39, 0.29) is 11.4 Å². The largest absolute Gasteiger partial charge is 0.323 e. The van der Waals surface area contributed by atoms with Gasteiger partial charge in [0.25, 0.3) is 5.56 Å². The zero-order chi connectivity index (χ0) is 20.4. The predicted octanol–water partition coefficient (Wildman–Crippen LogP) is 3.44. The first-order valence-corrected chi connectivity index (χ1v) is 9.55. The van der Waals surface area contributed by atoms with Gasteiger partial charge < -0.3 is 9.88 Å². The Bertz CT molecular complexity index is 1130. The molecule has 6 nitrogen and oxygen atoms in total. The maximum atomic E-state index is 13.7. The van der Waals surface area contributed by atoms with Crippen molar-refractivity contribution in [2.24, 2.45) is 0 Å². The molecule has 0 aliphatic heterocycles. The van der Waals surface area contributed by atoms with E-state index in [4.69, 9.17) is 0 Å². The highest BCUT2D eigenvalue weighted by atomic mass is 32.2. The molecule has 28 heavy (non-hydrogen) atoms. The van der Waals surface area contributed by atoms with Crippen LogP contribution in [0.1, 0.15) is 18.2 Å². The summed E-state index contributed by atoms with van der Waals surface area (Å²) in [7, 11) is 0. The standard InChI is InChI=1S/C19H18F2N4O2S/c1-4-25-17-16(10(2)7-11(3)22-17)18(27)24-19(25)28-9-15(26)23-14-6-5-12(20)8-13(14)21/h5-8H,4,9H2,1-3H3,(H,23,26). The average molecular weight is 404 g/mol. The molecule has 0 aliphatic carbocycles. The van der Waals surface area contributed by atoms with Gasteiger partial charge in [0.05, 0.1) is 16.8 Å². The molecule has 0 atom stereocenters. The third-order valence-corrected chi connectivity index (χ3v) is 5.05. The summed E-state index contributed by atoms with van der Waals surface area (Å²) in [6, 6.07) is 4.72. The Hall–Kier alpha value is -2.81. The topological polar surface area (TPSA) is 76.9 Å². The molecule has 0 saturated heterocycles. The summed E-state index contributed by atoms with van der Waals surface area (Å²) in [4.78, 5) is 33.2. The summed E-state index contributed by atoms with van der Waals surface area (Å²) >= 11 is 1.05. The van der Waals surface area contributed by atoms with Gasteiger partial charge in [-0.25, -0.2) is 13.8 Å². The molecule has 0 spiro atoms. The van der Waals surface area contributed by atoms with E-state index in [1.54, 1.807) is 4.57 Å². The van der Waals surface area contributed by atoms with Gasteiger partial charge in [0.15, 0.2) is 5.16 Å². The van der Waals surface area contributed by atoms with Crippen LogP contribution in [0.2, 0.25) is 0 Å². The van der Waals surface area contributed by atoms with E-state index >= 15 is 0 Å². The molecule has 0 saturated carbocycles. The number of pyridine rings is 1. The van der Waals surface area contributed by atoms with Crippen LogP contribution in [-0.2, 0) is 11.3 Å². The van der Waals surface area contributed by atoms with Crippen LogP contribution in [0, 0.1) is 25.5 Å². The minimum Gasteiger partial charge on any atom is -0.323 e. The summed E-state index contributed by atoms with van der Waals surface area (Å²) in [5.74, 6) is -2.18. The van der Waals surface area contributed by atoms with Crippen molar-refractivity contribution in [3.63, 3.8) is 0 Å². The fraction of sp³-hybridized carbons (Fsp3) is 0.263. The normalized spacial score (nSPS) is 11.0. The molecular formula is C19H18F2N4O2S. The molecule has 1 N–H and O–H groups in total. The third-order valence-electron chi connectivity index (χ3n) is 4.08. The maximum Gasteiger partial charge on any atom is 0.283 e. The minimum absolute atomic E-state index is 0.0977. The number of carbonyl (C=O) groups excluding carboxylic acids is 1. The molecule has 146 valence electrons. The smallest absolute Gasteiger partial charge is 0.283 e. The fourth-order valence-electron chi connectivity index (χ4n) is 2.87. The monoisotopic (exact) mass is 404 g/mol. The number of anilines is 1. The lowest BCUT2D eigenvalue weighted by atomic mass is 10.2. The van der Waals surface area contributed by atoms with Gasteiger partial charge in [-0.1, -0.05) is 11.8 Å². The number of rotatable bonds is 5. The highest BCUT2D eigenvalue weighted by Crippen LogP contribution is 2.22. The van der Waals surface area contributed by atoms with E-state index in [0.29, 0.717) is 28.8 Å². The Morgan fingerprint density at radius 1 is 1.21 bits per heavy atom. The van der Waals surface area contributed by atoms with E-state index in [1.807, 2.05) is 26.8 Å². The van der Waals surface area contributed by atoms with Crippen molar-refractivity contribution in [2.75, 3.05) is 11.1 Å². The summed E-state index contributed by atoms with van der Waals surface area (Å²) in [5, 5.41) is 3.19. The van der Waals surface area contributed by atoms with Crippen molar-refractivity contribution in [2.45, 2.75) is 32.5 Å². The first-order valence-electron chi connectivity index (χ1n) is 8.56. The van der Waals surface area contributed by atoms with Crippen LogP contribution in [0.4, 0.5) is 14.5 Å². The highest BCUT2D eigenvalue weighted by molar-refractivity contribution is 7.99. The van der Waals surface area contributed by atoms with Crippen molar-refractivity contribution in [1.29, 1.82) is 0 Å². The number of carbonyl (C=O) groups is 1. The SMILES string of the molecule is CCn1c(SCC(=O)Nc2ccc(F)cc2F)nc(=O)c2c(C)cc(C)nc21. The molecule has 0 unspecified atom stereocenters. The maximum absolute atomic E-state index is 13.7. The number of hydrogen-bond acceptors (Lipinski definition) is 5. The molecule has 0 bridgehead atoms. The van der Waals surface area contributed by atoms with Crippen LogP contribution in [0.5, 0.6) is 0 Å². The first-order chi connectivity index (χ1) is 13.3. The Morgan fingerprint density at radius 3 is 2.64 bits per heavy atom. The molecule has 9 heteroatoms. The van der Waals surface area contributed by atoms with Crippen molar-refractivity contribution in [1.82, 2.24) is 14.5 Å². The van der Waals surface area contributed by atoms with Gasteiger partial charge in [0.1, 0.15) is 17.3 Å². The Kier molecular flexibility index (Phi) is 5.73. The highest BCUT2D eigenvalue weighted by Gasteiger charge is 2.16. The molecule has 1 aromatic carbocycles. The number of benzene rings is 1. The van der Waals surface area contributed by atoms with Crippen molar-refractivity contribution in [3.8, 4) is 0 Å². The Balaban J connectivity index is 1.86. The van der Waals surface area contributed by atoms with Crippen LogP contribution < -0.4 is 10.9 Å². The Labute approximate surface area is 164 Å². The summed E-state index contributed by atoms with van der Waals surface area (Å²) in [6.45, 7) is 6.08. The van der Waals surface area contributed by atoms with Gasteiger partial charge in [-0.05, 0) is 44.5 Å². The van der Waals surface area contributed by atoms with Gasteiger partial charge in [-0.15, -0.1) is 0 Å². The quantitative estimate of drug-likeness (QED) is 0.521. The fourth-order valence-corrected chi connectivity index (χ4v) is 3.72. The number of nitrogens with one attached hydrogen (secondary N) is 1. The molecule has 2 heterocycles. The van der Waals surface area contributed by atoms with Crippen LogP contribution >= 0.6 is 11.8 Å². The van der Waals surface area contributed by atoms with E-state index in [2.05, 4.69) is 15.3 Å². The second kappa shape index (κ2) is 8.05. The van der Waals surface area contributed by atoms with Gasteiger partial charge in [0.2, 0.25) is 5.91 Å². The van der Waals surface area contributed by atoms with Gasteiger partial charge in [-0.2, -0.15) is 4.98 Å². The van der Waals surface area contributed by atoms with Crippen LogP contribution in [-0.4, -0.2) is 26.2 Å². The molecule has 3 aromatic rings. The zero-order valence-corrected chi connectivity index (χ0v) is 16.4. The average Bonchev–Trinajstić information content (AvgIpc) is 2.61. The number of hydrogen-bond donors (Lipinski definition) is 1. The third kappa shape index (κ3) is 4.04. The van der Waals surface area contributed by atoms with Crippen LogP contribution in [0.3, 0.4) is 0 Å². The first kappa shape index (κ1) is 19.9. The lowest BCUT2D eigenvalue weighted by Crippen LogP contribution is -2.20. The van der Waals surface area contributed by atoms with Gasteiger partial charge >= 0.3 is 0 Å². The van der Waals surface area contributed by atoms with E-state index in [0.717, 1.165) is 35.2 Å². The summed E-state index contributed by atoms with van der Waals surface area (Å²) < 4.78 is 28.4. The molecule has 3 rings (SSSR count). The number of aryl methyl sites for hydroxylation is 3. The van der Waals surface area contributed by atoms with E-state index in [9.17, 15) is 18.4 Å². The second-order valence-electron chi connectivity index (χ2n) is 6.18.